The molecule has 0 amide bonds. The van der Waals surface area contributed by atoms with Crippen LogP contribution in [0.2, 0.25) is 0 Å². The molecule has 0 aliphatic carbocycles. The molecule has 0 N–H and O–H groups in total. The fraction of sp³-hybridized carbons (Fsp3) is 0.484. The van der Waals surface area contributed by atoms with Crippen LogP contribution < -0.4 is 20.2 Å². The molecule has 2 aromatic carbocycles. The van der Waals surface area contributed by atoms with Crippen molar-refractivity contribution in [1.82, 2.24) is 29.1 Å². The Kier molecular flexibility index (Phi) is 8.55. The number of aromatic nitrogens is 6. The summed E-state index contributed by atoms with van der Waals surface area (Å²) in [6, 6.07) is 16.8. The van der Waals surface area contributed by atoms with Crippen molar-refractivity contribution in [3.63, 3.8) is 0 Å². The molecule has 6 rings (SSSR count). The summed E-state index contributed by atoms with van der Waals surface area (Å²) in [4.78, 5) is 21.7. The van der Waals surface area contributed by atoms with Gasteiger partial charge in [0.2, 0.25) is 0 Å². The lowest BCUT2D eigenvalue weighted by atomic mass is 10.1. The minimum atomic E-state index is -0.0814. The second kappa shape index (κ2) is 12.8. The first-order chi connectivity index (χ1) is 20.6. The number of benzene rings is 2. The largest absolute Gasteiger partial charge is 0.493 e. The lowest BCUT2D eigenvalue weighted by Crippen LogP contribution is -2.46. The molecule has 0 bridgehead atoms. The SMILES string of the molecule is CCC(CC)n1ncn(-c2ccc(N3CCN(c4ccc(OCC5COC(Cn6cncn6)C5)cc4)CC3)cc2)c1=O. The van der Waals surface area contributed by atoms with Gasteiger partial charge in [0, 0.05) is 43.5 Å². The summed E-state index contributed by atoms with van der Waals surface area (Å²) < 4.78 is 17.1. The molecule has 11 heteroatoms. The van der Waals surface area contributed by atoms with E-state index in [4.69, 9.17) is 9.47 Å². The third-order valence-corrected chi connectivity index (χ3v) is 8.46. The highest BCUT2D eigenvalue weighted by Gasteiger charge is 2.26. The van der Waals surface area contributed by atoms with E-state index in [0.717, 1.165) is 63.4 Å². The minimum absolute atomic E-state index is 0.0814. The maximum absolute atomic E-state index is 12.9. The predicted octanol–water partition coefficient (Wildman–Crippen LogP) is 3.80. The van der Waals surface area contributed by atoms with E-state index in [2.05, 4.69) is 75.2 Å². The van der Waals surface area contributed by atoms with Crippen LogP contribution >= 0.6 is 0 Å². The lowest BCUT2D eigenvalue weighted by Gasteiger charge is -2.37. The number of hydrogen-bond donors (Lipinski definition) is 0. The number of piperazine rings is 1. The number of nitrogens with zero attached hydrogens (tertiary/aromatic N) is 8. The molecule has 42 heavy (non-hydrogen) atoms. The van der Waals surface area contributed by atoms with Crippen molar-refractivity contribution in [2.24, 2.45) is 5.92 Å². The van der Waals surface area contributed by atoms with Gasteiger partial charge in [-0.05, 0) is 67.8 Å². The van der Waals surface area contributed by atoms with E-state index in [0.29, 0.717) is 19.1 Å². The molecule has 2 fully saturated rings. The fourth-order valence-electron chi connectivity index (χ4n) is 5.95. The Morgan fingerprint density at radius 2 is 1.52 bits per heavy atom. The molecule has 222 valence electrons. The molecule has 2 aliphatic rings. The molecule has 0 radical (unpaired) electrons. The Bertz CT molecular complexity index is 1450. The van der Waals surface area contributed by atoms with Gasteiger partial charge in [-0.3, -0.25) is 4.68 Å². The Balaban J connectivity index is 0.972. The third-order valence-electron chi connectivity index (χ3n) is 8.46. The molecule has 0 spiro atoms. The van der Waals surface area contributed by atoms with Gasteiger partial charge in [0.15, 0.2) is 0 Å². The first-order valence-corrected chi connectivity index (χ1v) is 15.0. The average molecular weight is 573 g/mol. The number of ether oxygens (including phenoxy) is 2. The zero-order valence-electron chi connectivity index (χ0n) is 24.5. The van der Waals surface area contributed by atoms with Crippen molar-refractivity contribution in [1.29, 1.82) is 0 Å². The maximum atomic E-state index is 12.9. The van der Waals surface area contributed by atoms with Gasteiger partial charge in [0.25, 0.3) is 0 Å². The zero-order chi connectivity index (χ0) is 28.9. The molecule has 4 aromatic rings. The van der Waals surface area contributed by atoms with Crippen LogP contribution in [0, 0.1) is 5.92 Å². The molecule has 4 heterocycles. The third kappa shape index (κ3) is 6.20. The Labute approximate surface area is 246 Å². The Hall–Kier alpha value is -4.12. The fourth-order valence-corrected chi connectivity index (χ4v) is 5.95. The molecule has 0 saturated carbocycles. The van der Waals surface area contributed by atoms with Crippen molar-refractivity contribution >= 4 is 11.4 Å². The van der Waals surface area contributed by atoms with Gasteiger partial charge >= 0.3 is 5.69 Å². The summed E-state index contributed by atoms with van der Waals surface area (Å²) >= 11 is 0. The van der Waals surface area contributed by atoms with E-state index in [1.807, 2.05) is 16.8 Å². The number of anilines is 2. The van der Waals surface area contributed by atoms with Crippen LogP contribution in [-0.4, -0.2) is 74.6 Å². The van der Waals surface area contributed by atoms with Crippen LogP contribution in [0.5, 0.6) is 5.75 Å². The van der Waals surface area contributed by atoms with Crippen molar-refractivity contribution in [3.05, 3.63) is 78.0 Å². The molecule has 2 atom stereocenters. The van der Waals surface area contributed by atoms with Gasteiger partial charge in [-0.15, -0.1) is 0 Å². The molecule has 2 unspecified atom stereocenters. The van der Waals surface area contributed by atoms with E-state index in [1.165, 1.54) is 11.4 Å². The van der Waals surface area contributed by atoms with Crippen LogP contribution in [0.3, 0.4) is 0 Å². The summed E-state index contributed by atoms with van der Waals surface area (Å²) in [5, 5.41) is 8.53. The normalized spacial score (nSPS) is 19.1. The van der Waals surface area contributed by atoms with Crippen molar-refractivity contribution < 1.29 is 9.47 Å². The van der Waals surface area contributed by atoms with Crippen LogP contribution in [-0.2, 0) is 11.3 Å². The molecule has 2 saturated heterocycles. The predicted molar refractivity (Wildman–Crippen MR) is 162 cm³/mol. The highest BCUT2D eigenvalue weighted by Crippen LogP contribution is 2.26. The first kappa shape index (κ1) is 28.0. The second-order valence-electron chi connectivity index (χ2n) is 11.2. The molecule has 2 aliphatic heterocycles. The quantitative estimate of drug-likeness (QED) is 0.268. The lowest BCUT2D eigenvalue weighted by molar-refractivity contribution is 0.0876. The van der Waals surface area contributed by atoms with Crippen LogP contribution in [0.1, 0.15) is 39.2 Å². The Morgan fingerprint density at radius 3 is 2.14 bits per heavy atom. The zero-order valence-corrected chi connectivity index (χ0v) is 24.5. The van der Waals surface area contributed by atoms with E-state index < -0.39 is 0 Å². The van der Waals surface area contributed by atoms with Gasteiger partial charge in [-0.25, -0.2) is 19.0 Å². The summed E-state index contributed by atoms with van der Waals surface area (Å²) in [6.07, 6.45) is 7.81. The van der Waals surface area contributed by atoms with E-state index >= 15 is 0 Å². The molecule has 2 aromatic heterocycles. The van der Waals surface area contributed by atoms with Gasteiger partial charge in [0.1, 0.15) is 24.7 Å². The van der Waals surface area contributed by atoms with Crippen LogP contribution in [0.15, 0.2) is 72.3 Å². The standard InChI is InChI=1S/C31H40N8O3/c1-3-25(4-2)39-31(40)38(23-34-39)28-7-5-26(6-8-28)35-13-15-36(16-14-35)27-9-11-29(12-10-27)41-19-24-17-30(42-20-24)18-37-22-32-21-33-37/h5-12,21-25,30H,3-4,13-20H2,1-2H3. The monoisotopic (exact) mass is 572 g/mol. The van der Waals surface area contributed by atoms with E-state index in [1.54, 1.807) is 28.2 Å². The van der Waals surface area contributed by atoms with Gasteiger partial charge in [-0.2, -0.15) is 10.2 Å². The molecular weight excluding hydrogens is 532 g/mol. The highest BCUT2D eigenvalue weighted by atomic mass is 16.5. The summed E-state index contributed by atoms with van der Waals surface area (Å²) in [7, 11) is 0. The van der Waals surface area contributed by atoms with E-state index in [9.17, 15) is 4.79 Å². The van der Waals surface area contributed by atoms with Crippen molar-refractivity contribution in [2.45, 2.75) is 51.8 Å². The van der Waals surface area contributed by atoms with Gasteiger partial charge in [0.05, 0.1) is 37.6 Å². The van der Waals surface area contributed by atoms with Crippen molar-refractivity contribution in [3.8, 4) is 11.4 Å². The Morgan fingerprint density at radius 1 is 0.881 bits per heavy atom. The van der Waals surface area contributed by atoms with Crippen LogP contribution in [0.4, 0.5) is 11.4 Å². The topological polar surface area (TPSA) is 95.5 Å². The van der Waals surface area contributed by atoms with Gasteiger partial charge < -0.3 is 19.3 Å². The molecular formula is C31H40N8O3. The van der Waals surface area contributed by atoms with Gasteiger partial charge in [-0.1, -0.05) is 13.8 Å². The van der Waals surface area contributed by atoms with Crippen LogP contribution in [0.25, 0.3) is 5.69 Å². The summed E-state index contributed by atoms with van der Waals surface area (Å²) in [6.45, 7) is 10.0. The number of rotatable bonds is 11. The smallest absolute Gasteiger partial charge is 0.350 e. The first-order valence-electron chi connectivity index (χ1n) is 15.0. The number of hydrogen-bond acceptors (Lipinski definition) is 8. The maximum Gasteiger partial charge on any atom is 0.350 e. The summed E-state index contributed by atoms with van der Waals surface area (Å²) in [5.41, 5.74) is 3.14. The summed E-state index contributed by atoms with van der Waals surface area (Å²) in [5.74, 6) is 1.27. The van der Waals surface area contributed by atoms with Crippen molar-refractivity contribution in [2.75, 3.05) is 49.2 Å². The average Bonchev–Trinajstić information content (AvgIpc) is 3.80. The molecule has 11 nitrogen and oxygen atoms in total. The van der Waals surface area contributed by atoms with E-state index in [-0.39, 0.29) is 17.8 Å². The minimum Gasteiger partial charge on any atom is -0.493 e. The second-order valence-corrected chi connectivity index (χ2v) is 11.2. The highest BCUT2D eigenvalue weighted by molar-refractivity contribution is 5.54.